The summed E-state index contributed by atoms with van der Waals surface area (Å²) < 4.78 is 5.24. The highest BCUT2D eigenvalue weighted by Crippen LogP contribution is 2.15. The van der Waals surface area contributed by atoms with Crippen LogP contribution in [0.2, 0.25) is 0 Å². The molecule has 0 heterocycles. The predicted octanol–water partition coefficient (Wildman–Crippen LogP) is 4.22. The molecule has 2 aromatic carbocycles. The van der Waals surface area contributed by atoms with Crippen LogP contribution in [0.1, 0.15) is 11.1 Å². The highest BCUT2D eigenvalue weighted by Gasteiger charge is 2.08. The first-order valence-electron chi connectivity index (χ1n) is 6.76. The first kappa shape index (κ1) is 15.4. The Morgan fingerprint density at radius 3 is 2.14 bits per heavy atom. The monoisotopic (exact) mass is 298 g/mol. The molecule has 0 bridgehead atoms. The average molecular weight is 298 g/mol. The third kappa shape index (κ3) is 5.48. The van der Waals surface area contributed by atoms with Crippen molar-refractivity contribution in [3.05, 3.63) is 83.9 Å². The summed E-state index contributed by atoms with van der Waals surface area (Å²) in [6, 6.07) is 19.8. The van der Waals surface area contributed by atoms with E-state index in [2.05, 4.69) is 18.7 Å². The van der Waals surface area contributed by atoms with E-state index in [0.717, 1.165) is 11.3 Å². The highest BCUT2D eigenvalue weighted by molar-refractivity contribution is 7.98. The summed E-state index contributed by atoms with van der Waals surface area (Å²) in [7, 11) is 0. The fourth-order valence-electron chi connectivity index (χ4n) is 1.75. The van der Waals surface area contributed by atoms with Crippen LogP contribution < -0.4 is 0 Å². The molecule has 3 heteroatoms. The molecule has 2 nitrogen and oxygen atoms in total. The zero-order valence-electron chi connectivity index (χ0n) is 11.8. The molecule has 0 saturated carbocycles. The lowest BCUT2D eigenvalue weighted by Crippen LogP contribution is -2.09. The van der Waals surface area contributed by atoms with Crippen LogP contribution in [0.5, 0.6) is 0 Å². The maximum atomic E-state index is 11.8. The molecule has 21 heavy (non-hydrogen) atoms. The van der Waals surface area contributed by atoms with E-state index in [9.17, 15) is 4.79 Å². The predicted molar refractivity (Wildman–Crippen MR) is 88.0 cm³/mol. The maximum absolute atomic E-state index is 11.8. The van der Waals surface area contributed by atoms with Crippen LogP contribution in [0.3, 0.4) is 0 Å². The molecule has 0 unspecified atom stereocenters. The Kier molecular flexibility index (Phi) is 6.10. The minimum Gasteiger partial charge on any atom is -0.457 e. The van der Waals surface area contributed by atoms with Crippen molar-refractivity contribution in [3.8, 4) is 0 Å². The summed E-state index contributed by atoms with van der Waals surface area (Å²) in [5.74, 6) is 1.13. The van der Waals surface area contributed by atoms with E-state index in [1.165, 1.54) is 5.56 Å². The lowest BCUT2D eigenvalue weighted by molar-refractivity contribution is -0.140. The number of esters is 1. The Morgan fingerprint density at radius 2 is 1.52 bits per heavy atom. The molecule has 0 fully saturated rings. The molecule has 0 aliphatic carbocycles. The Bertz CT molecular complexity index is 579. The number of carbonyl (C=O) groups excluding carboxylic acids is 1. The molecular weight excluding hydrogens is 280 g/mol. The summed E-state index contributed by atoms with van der Waals surface area (Å²) >= 11 is 1.66. The normalized spacial score (nSPS) is 10.1. The van der Waals surface area contributed by atoms with Gasteiger partial charge in [0.05, 0.1) is 0 Å². The number of rotatable bonds is 7. The summed E-state index contributed by atoms with van der Waals surface area (Å²) in [5.41, 5.74) is 2.73. The van der Waals surface area contributed by atoms with E-state index in [0.29, 0.717) is 17.9 Å². The van der Waals surface area contributed by atoms with E-state index in [4.69, 9.17) is 4.74 Å². The third-order valence-electron chi connectivity index (χ3n) is 2.89. The van der Waals surface area contributed by atoms with E-state index in [1.807, 2.05) is 48.5 Å². The lowest BCUT2D eigenvalue weighted by Gasteiger charge is -2.07. The van der Waals surface area contributed by atoms with Crippen LogP contribution in [0.15, 0.2) is 72.8 Å². The molecule has 0 aliphatic heterocycles. The molecule has 0 saturated heterocycles. The first-order valence-corrected chi connectivity index (χ1v) is 7.91. The van der Waals surface area contributed by atoms with Crippen LogP contribution in [0.4, 0.5) is 0 Å². The minimum atomic E-state index is -0.320. The van der Waals surface area contributed by atoms with Gasteiger partial charge in [0.15, 0.2) is 0 Å². The SMILES string of the molecule is C=C(CSCc1ccccc1)C(=O)OCc1ccccc1. The van der Waals surface area contributed by atoms with Crippen molar-refractivity contribution in [1.82, 2.24) is 0 Å². The Morgan fingerprint density at radius 1 is 0.952 bits per heavy atom. The fourth-order valence-corrected chi connectivity index (χ4v) is 2.64. The van der Waals surface area contributed by atoms with Gasteiger partial charge in [-0.2, -0.15) is 11.8 Å². The molecule has 0 aliphatic rings. The zero-order valence-corrected chi connectivity index (χ0v) is 12.6. The summed E-state index contributed by atoms with van der Waals surface area (Å²) in [6.45, 7) is 4.10. The lowest BCUT2D eigenvalue weighted by atomic mass is 10.2. The van der Waals surface area contributed by atoms with Crippen molar-refractivity contribution in [2.24, 2.45) is 0 Å². The number of ether oxygens (including phenoxy) is 1. The molecule has 0 radical (unpaired) electrons. The average Bonchev–Trinajstić information content (AvgIpc) is 2.54. The molecule has 108 valence electrons. The molecule has 2 rings (SSSR count). The van der Waals surface area contributed by atoms with Gasteiger partial charge < -0.3 is 4.74 Å². The van der Waals surface area contributed by atoms with Crippen LogP contribution in [0, 0.1) is 0 Å². The van der Waals surface area contributed by atoms with Gasteiger partial charge in [-0.15, -0.1) is 0 Å². The Labute approximate surface area is 129 Å². The number of carbonyl (C=O) groups is 1. The first-order chi connectivity index (χ1) is 10.3. The van der Waals surface area contributed by atoms with E-state index in [1.54, 1.807) is 11.8 Å². The second-order valence-corrected chi connectivity index (χ2v) is 5.63. The van der Waals surface area contributed by atoms with Gasteiger partial charge in [0.25, 0.3) is 0 Å². The third-order valence-corrected chi connectivity index (χ3v) is 3.98. The quantitative estimate of drug-likeness (QED) is 0.565. The van der Waals surface area contributed by atoms with Gasteiger partial charge in [0.1, 0.15) is 6.61 Å². The molecule has 0 atom stereocenters. The van der Waals surface area contributed by atoms with Gasteiger partial charge in [-0.05, 0) is 11.1 Å². The molecule has 0 amide bonds. The van der Waals surface area contributed by atoms with Gasteiger partial charge in [-0.25, -0.2) is 4.79 Å². The van der Waals surface area contributed by atoms with Gasteiger partial charge in [-0.3, -0.25) is 0 Å². The summed E-state index contributed by atoms with van der Waals surface area (Å²) in [6.07, 6.45) is 0. The van der Waals surface area contributed by atoms with Crippen molar-refractivity contribution in [2.75, 3.05) is 5.75 Å². The van der Waals surface area contributed by atoms with Crippen LogP contribution in [-0.4, -0.2) is 11.7 Å². The van der Waals surface area contributed by atoms with Crippen LogP contribution >= 0.6 is 11.8 Å². The number of hydrogen-bond donors (Lipinski definition) is 0. The van der Waals surface area contributed by atoms with E-state index < -0.39 is 0 Å². The maximum Gasteiger partial charge on any atom is 0.334 e. The van der Waals surface area contributed by atoms with Crippen molar-refractivity contribution < 1.29 is 9.53 Å². The molecule has 2 aromatic rings. The van der Waals surface area contributed by atoms with Gasteiger partial charge in [0, 0.05) is 17.1 Å². The van der Waals surface area contributed by atoms with Crippen LogP contribution in [-0.2, 0) is 21.9 Å². The standard InChI is InChI=1S/C18H18O2S/c1-15(13-21-14-17-10-6-3-7-11-17)18(19)20-12-16-8-4-2-5-9-16/h2-11H,1,12-14H2. The second-order valence-electron chi connectivity index (χ2n) is 4.64. The van der Waals surface area contributed by atoms with Crippen LogP contribution in [0.25, 0.3) is 0 Å². The molecule has 0 spiro atoms. The minimum absolute atomic E-state index is 0.294. The van der Waals surface area contributed by atoms with Gasteiger partial charge in [-0.1, -0.05) is 67.2 Å². The Hall–Kier alpha value is -2.00. The number of benzene rings is 2. The molecule has 0 aromatic heterocycles. The topological polar surface area (TPSA) is 26.3 Å². The number of hydrogen-bond acceptors (Lipinski definition) is 3. The van der Waals surface area contributed by atoms with E-state index >= 15 is 0 Å². The van der Waals surface area contributed by atoms with Crippen molar-refractivity contribution in [2.45, 2.75) is 12.4 Å². The largest absolute Gasteiger partial charge is 0.457 e. The summed E-state index contributed by atoms with van der Waals surface area (Å²) in [5, 5.41) is 0. The van der Waals surface area contributed by atoms with Gasteiger partial charge >= 0.3 is 5.97 Å². The number of thioether (sulfide) groups is 1. The smallest absolute Gasteiger partial charge is 0.334 e. The fraction of sp³-hybridized carbons (Fsp3) is 0.167. The second kappa shape index (κ2) is 8.32. The summed E-state index contributed by atoms with van der Waals surface area (Å²) in [4.78, 5) is 11.8. The van der Waals surface area contributed by atoms with Crippen molar-refractivity contribution >= 4 is 17.7 Å². The highest BCUT2D eigenvalue weighted by atomic mass is 32.2. The molecule has 0 N–H and O–H groups in total. The van der Waals surface area contributed by atoms with Gasteiger partial charge in [0.2, 0.25) is 0 Å². The van der Waals surface area contributed by atoms with E-state index in [-0.39, 0.29) is 5.97 Å². The molecular formula is C18H18O2S. The van der Waals surface area contributed by atoms with Crippen molar-refractivity contribution in [3.63, 3.8) is 0 Å². The Balaban J connectivity index is 1.69. The van der Waals surface area contributed by atoms with Crippen molar-refractivity contribution in [1.29, 1.82) is 0 Å². The zero-order chi connectivity index (χ0) is 14.9.